The number of hydrogen-bond acceptors (Lipinski definition) is 3. The number of rotatable bonds is 0. The lowest BCUT2D eigenvalue weighted by molar-refractivity contribution is 0.000927. The maximum atomic E-state index is 10.6. The second-order valence-corrected chi connectivity index (χ2v) is 5.88. The van der Waals surface area contributed by atoms with E-state index in [1.54, 1.807) is 0 Å². The first kappa shape index (κ1) is 11.7. The average Bonchev–Trinajstić information content (AvgIpc) is 3.32. The fourth-order valence-electron chi connectivity index (χ4n) is 3.79. The van der Waals surface area contributed by atoms with Crippen LogP contribution in [-0.4, -0.2) is 22.4 Å². The molecule has 4 atom stereocenters. The van der Waals surface area contributed by atoms with Crippen molar-refractivity contribution in [2.75, 3.05) is 0 Å². The van der Waals surface area contributed by atoms with Crippen LogP contribution in [0.1, 0.15) is 23.3 Å². The molecule has 3 aromatic carbocycles. The summed E-state index contributed by atoms with van der Waals surface area (Å²) < 4.78 is 5.63. The molecule has 3 heteroatoms. The van der Waals surface area contributed by atoms with Gasteiger partial charge in [-0.2, -0.15) is 0 Å². The van der Waals surface area contributed by atoms with Crippen molar-refractivity contribution < 1.29 is 14.9 Å². The number of epoxide rings is 1. The van der Waals surface area contributed by atoms with Crippen LogP contribution in [-0.2, 0) is 4.74 Å². The second kappa shape index (κ2) is 3.83. The van der Waals surface area contributed by atoms with Crippen molar-refractivity contribution in [3.8, 4) is 0 Å². The number of ether oxygens (including phenoxy) is 1. The van der Waals surface area contributed by atoms with Gasteiger partial charge < -0.3 is 14.9 Å². The molecular formula is C18H14O3. The van der Waals surface area contributed by atoms with Crippen LogP contribution in [0.2, 0.25) is 0 Å². The Morgan fingerprint density at radius 1 is 0.714 bits per heavy atom. The normalized spacial score (nSPS) is 30.2. The van der Waals surface area contributed by atoms with E-state index in [9.17, 15) is 10.2 Å². The Morgan fingerprint density at radius 2 is 1.24 bits per heavy atom. The standard InChI is InChI=1S/C18H14O3/c19-15-13-11-7-3-1-5-9(11)10-6-2-4-8-12(10)14(13)17-18(21-17)16(15)20/h1-8,15-20H/t15-,16-,17+,18+/m1/s1. The molecule has 0 saturated carbocycles. The summed E-state index contributed by atoms with van der Waals surface area (Å²) in [5.41, 5.74) is 1.88. The molecule has 1 saturated heterocycles. The smallest absolute Gasteiger partial charge is 0.118 e. The van der Waals surface area contributed by atoms with Crippen LogP contribution in [0, 0.1) is 0 Å². The maximum Gasteiger partial charge on any atom is 0.118 e. The molecule has 0 aromatic heterocycles. The van der Waals surface area contributed by atoms with Crippen molar-refractivity contribution in [1.29, 1.82) is 0 Å². The molecule has 0 bridgehead atoms. The molecule has 1 aliphatic heterocycles. The Hall–Kier alpha value is -1.94. The van der Waals surface area contributed by atoms with Crippen LogP contribution in [0.3, 0.4) is 0 Å². The largest absolute Gasteiger partial charge is 0.387 e. The van der Waals surface area contributed by atoms with Gasteiger partial charge in [0.25, 0.3) is 0 Å². The number of aliphatic hydroxyl groups is 2. The number of benzene rings is 3. The molecule has 21 heavy (non-hydrogen) atoms. The topological polar surface area (TPSA) is 53.0 Å². The molecule has 5 rings (SSSR count). The van der Waals surface area contributed by atoms with E-state index >= 15 is 0 Å². The van der Waals surface area contributed by atoms with Gasteiger partial charge >= 0.3 is 0 Å². The quantitative estimate of drug-likeness (QED) is 0.491. The Bertz CT molecular complexity index is 886. The fourth-order valence-corrected chi connectivity index (χ4v) is 3.79. The van der Waals surface area contributed by atoms with E-state index < -0.39 is 12.2 Å². The monoisotopic (exact) mass is 278 g/mol. The van der Waals surface area contributed by atoms with Gasteiger partial charge in [-0.05, 0) is 32.7 Å². The molecule has 104 valence electrons. The van der Waals surface area contributed by atoms with Gasteiger partial charge in [-0.15, -0.1) is 0 Å². The van der Waals surface area contributed by atoms with Crippen LogP contribution in [0.4, 0.5) is 0 Å². The van der Waals surface area contributed by atoms with E-state index in [1.807, 2.05) is 30.3 Å². The van der Waals surface area contributed by atoms with Crippen LogP contribution >= 0.6 is 0 Å². The van der Waals surface area contributed by atoms with Crippen molar-refractivity contribution in [3.63, 3.8) is 0 Å². The highest BCUT2D eigenvalue weighted by Crippen LogP contribution is 2.54. The summed E-state index contributed by atoms with van der Waals surface area (Å²) in [5, 5.41) is 25.1. The van der Waals surface area contributed by atoms with E-state index in [-0.39, 0.29) is 12.2 Å². The molecule has 1 aliphatic carbocycles. The lowest BCUT2D eigenvalue weighted by Gasteiger charge is -2.26. The van der Waals surface area contributed by atoms with Gasteiger partial charge in [0.15, 0.2) is 0 Å². The van der Waals surface area contributed by atoms with E-state index in [1.165, 1.54) is 5.39 Å². The van der Waals surface area contributed by atoms with E-state index in [0.717, 1.165) is 27.3 Å². The van der Waals surface area contributed by atoms with Gasteiger partial charge in [-0.25, -0.2) is 0 Å². The summed E-state index contributed by atoms with van der Waals surface area (Å²) in [5.74, 6) is 0. The van der Waals surface area contributed by atoms with Crippen molar-refractivity contribution in [1.82, 2.24) is 0 Å². The zero-order valence-corrected chi connectivity index (χ0v) is 11.2. The first-order valence-electron chi connectivity index (χ1n) is 7.22. The molecule has 0 unspecified atom stereocenters. The first-order valence-corrected chi connectivity index (χ1v) is 7.22. The summed E-state index contributed by atoms with van der Waals surface area (Å²) in [6.07, 6.45) is -2.09. The highest BCUT2D eigenvalue weighted by molar-refractivity contribution is 6.11. The zero-order valence-electron chi connectivity index (χ0n) is 11.2. The molecule has 1 heterocycles. The predicted molar refractivity (Wildman–Crippen MR) is 80.0 cm³/mol. The zero-order chi connectivity index (χ0) is 14.1. The number of aliphatic hydroxyl groups excluding tert-OH is 2. The van der Waals surface area contributed by atoms with Crippen LogP contribution in [0.5, 0.6) is 0 Å². The summed E-state index contributed by atoms with van der Waals surface area (Å²) in [4.78, 5) is 0. The lowest BCUT2D eigenvalue weighted by atomic mass is 9.81. The van der Waals surface area contributed by atoms with Gasteiger partial charge in [-0.3, -0.25) is 0 Å². The second-order valence-electron chi connectivity index (χ2n) is 5.88. The third kappa shape index (κ3) is 1.38. The van der Waals surface area contributed by atoms with E-state index in [2.05, 4.69) is 18.2 Å². The van der Waals surface area contributed by atoms with E-state index in [4.69, 9.17) is 4.74 Å². The Kier molecular flexibility index (Phi) is 2.13. The van der Waals surface area contributed by atoms with Crippen molar-refractivity contribution in [2.24, 2.45) is 0 Å². The van der Waals surface area contributed by atoms with Gasteiger partial charge in [0, 0.05) is 0 Å². The average molecular weight is 278 g/mol. The third-order valence-corrected chi connectivity index (χ3v) is 4.78. The SMILES string of the molecule is O[C@H]1[C@@H]2O[C@H]2c2c(c3ccccc3c3ccccc23)[C@H]1O. The van der Waals surface area contributed by atoms with Crippen LogP contribution in [0.25, 0.3) is 21.5 Å². The number of fused-ring (bicyclic) bond motifs is 8. The minimum Gasteiger partial charge on any atom is -0.387 e. The molecule has 2 N–H and O–H groups in total. The lowest BCUT2D eigenvalue weighted by Crippen LogP contribution is -2.29. The van der Waals surface area contributed by atoms with Gasteiger partial charge in [0.05, 0.1) is 0 Å². The predicted octanol–water partition coefficient (Wildman–Crippen LogP) is 2.84. The molecule has 0 amide bonds. The first-order chi connectivity index (χ1) is 10.3. The molecule has 2 aliphatic rings. The third-order valence-electron chi connectivity index (χ3n) is 4.78. The van der Waals surface area contributed by atoms with Crippen LogP contribution < -0.4 is 0 Å². The van der Waals surface area contributed by atoms with Gasteiger partial charge in [0.2, 0.25) is 0 Å². The Balaban J connectivity index is 2.03. The fraction of sp³-hybridized carbons (Fsp3) is 0.222. The molecule has 0 radical (unpaired) electrons. The molecular weight excluding hydrogens is 264 g/mol. The van der Waals surface area contributed by atoms with Crippen molar-refractivity contribution in [3.05, 3.63) is 59.7 Å². The number of hydrogen-bond donors (Lipinski definition) is 2. The summed E-state index contributed by atoms with van der Waals surface area (Å²) in [6.45, 7) is 0. The van der Waals surface area contributed by atoms with Crippen molar-refractivity contribution >= 4 is 21.5 Å². The summed E-state index contributed by atoms with van der Waals surface area (Å²) in [7, 11) is 0. The minimum atomic E-state index is -0.891. The van der Waals surface area contributed by atoms with Crippen LogP contribution in [0.15, 0.2) is 48.5 Å². The molecule has 0 spiro atoms. The maximum absolute atomic E-state index is 10.6. The van der Waals surface area contributed by atoms with Gasteiger partial charge in [0.1, 0.15) is 24.4 Å². The minimum absolute atomic E-state index is 0.0899. The Labute approximate surface area is 121 Å². The summed E-state index contributed by atoms with van der Waals surface area (Å²) >= 11 is 0. The Morgan fingerprint density at radius 3 is 1.86 bits per heavy atom. The summed E-state index contributed by atoms with van der Waals surface area (Å²) in [6, 6.07) is 16.3. The van der Waals surface area contributed by atoms with Crippen molar-refractivity contribution in [2.45, 2.75) is 24.4 Å². The van der Waals surface area contributed by atoms with Gasteiger partial charge in [-0.1, -0.05) is 48.5 Å². The molecule has 3 aromatic rings. The molecule has 3 nitrogen and oxygen atoms in total. The van der Waals surface area contributed by atoms with E-state index in [0.29, 0.717) is 0 Å². The molecule has 1 fully saturated rings. The highest BCUT2D eigenvalue weighted by atomic mass is 16.6. The highest BCUT2D eigenvalue weighted by Gasteiger charge is 2.54.